The summed E-state index contributed by atoms with van der Waals surface area (Å²) in [5, 5.41) is 0. The van der Waals surface area contributed by atoms with E-state index in [0.29, 0.717) is 0 Å². The molecule has 5 unspecified atom stereocenters. The molecule has 1 aromatic carbocycles. The van der Waals surface area contributed by atoms with Crippen molar-refractivity contribution in [1.82, 2.24) is 0 Å². The van der Waals surface area contributed by atoms with E-state index < -0.39 is 0 Å². The Balaban J connectivity index is 1.66. The molecule has 3 aliphatic rings. The number of hydrogen-bond acceptors (Lipinski definition) is 0. The highest BCUT2D eigenvalue weighted by atomic mass is 14.6. The van der Waals surface area contributed by atoms with Gasteiger partial charge in [-0.05, 0) is 54.4 Å². The molecule has 4 rings (SSSR count). The molecule has 1 aromatic rings. The van der Waals surface area contributed by atoms with Crippen LogP contribution in [0.1, 0.15) is 30.7 Å². The molecule has 2 fully saturated rings. The molecule has 3 aliphatic carbocycles. The maximum Gasteiger partial charge on any atom is -0.0128 e. The van der Waals surface area contributed by atoms with Crippen molar-refractivity contribution < 1.29 is 0 Å². The summed E-state index contributed by atoms with van der Waals surface area (Å²) in [5.41, 5.74) is 1.60. The molecule has 0 nitrogen and oxygen atoms in total. The van der Waals surface area contributed by atoms with Gasteiger partial charge in [-0.3, -0.25) is 0 Å². The van der Waals surface area contributed by atoms with Crippen LogP contribution in [0.4, 0.5) is 0 Å². The molecule has 0 saturated heterocycles. The zero-order valence-electron chi connectivity index (χ0n) is 9.55. The third-order valence-electron chi connectivity index (χ3n) is 5.23. The molecule has 2 bridgehead atoms. The van der Waals surface area contributed by atoms with Gasteiger partial charge in [0.15, 0.2) is 0 Å². The minimum atomic E-state index is 0.868. The molecule has 5 atom stereocenters. The molecule has 0 N–H and O–H groups in total. The lowest BCUT2D eigenvalue weighted by Crippen LogP contribution is -2.23. The first-order valence-corrected chi connectivity index (χ1v) is 6.65. The number of benzene rings is 1. The van der Waals surface area contributed by atoms with Crippen molar-refractivity contribution in [3.05, 3.63) is 48.0 Å². The van der Waals surface area contributed by atoms with Gasteiger partial charge in [0.25, 0.3) is 0 Å². The Morgan fingerprint density at radius 1 is 0.938 bits per heavy atom. The Hall–Kier alpha value is -1.04. The lowest BCUT2D eigenvalue weighted by atomic mass is 9.73. The molecule has 2 saturated carbocycles. The van der Waals surface area contributed by atoms with Crippen LogP contribution in [0.15, 0.2) is 42.5 Å². The Morgan fingerprint density at radius 3 is 2.69 bits per heavy atom. The highest BCUT2D eigenvalue weighted by Gasteiger charge is 2.52. The van der Waals surface area contributed by atoms with Crippen LogP contribution in [0.25, 0.3) is 0 Å². The van der Waals surface area contributed by atoms with Crippen LogP contribution >= 0.6 is 0 Å². The second kappa shape index (κ2) is 3.23. The van der Waals surface area contributed by atoms with Gasteiger partial charge in [-0.1, -0.05) is 42.5 Å². The standard InChI is InChI=1S/C16H18/c1-2-5-11(6-3-1)15-9-12-10-16(15)14-8-4-7-13(12)14/h1-7,12-16H,8-10H2. The van der Waals surface area contributed by atoms with Gasteiger partial charge < -0.3 is 0 Å². The topological polar surface area (TPSA) is 0 Å². The second-order valence-electron chi connectivity index (χ2n) is 5.82. The fourth-order valence-electron chi connectivity index (χ4n) is 4.64. The van der Waals surface area contributed by atoms with E-state index in [0.717, 1.165) is 29.6 Å². The van der Waals surface area contributed by atoms with Gasteiger partial charge in [-0.15, -0.1) is 0 Å². The van der Waals surface area contributed by atoms with Gasteiger partial charge in [-0.2, -0.15) is 0 Å². The molecule has 82 valence electrons. The van der Waals surface area contributed by atoms with E-state index in [-0.39, 0.29) is 0 Å². The van der Waals surface area contributed by atoms with E-state index in [1.54, 1.807) is 5.56 Å². The Bertz CT molecular complexity index is 417. The molecule has 0 heteroatoms. The predicted octanol–water partition coefficient (Wildman–Crippen LogP) is 4.00. The molecule has 0 heterocycles. The summed E-state index contributed by atoms with van der Waals surface area (Å²) < 4.78 is 0. The first kappa shape index (κ1) is 9.04. The maximum atomic E-state index is 2.51. The summed E-state index contributed by atoms with van der Waals surface area (Å²) in [6, 6.07) is 11.2. The minimum Gasteiger partial charge on any atom is -0.0879 e. The quantitative estimate of drug-likeness (QED) is 0.614. The van der Waals surface area contributed by atoms with Crippen molar-refractivity contribution in [3.8, 4) is 0 Å². The van der Waals surface area contributed by atoms with E-state index >= 15 is 0 Å². The van der Waals surface area contributed by atoms with E-state index in [4.69, 9.17) is 0 Å². The van der Waals surface area contributed by atoms with E-state index in [9.17, 15) is 0 Å². The third-order valence-corrected chi connectivity index (χ3v) is 5.23. The predicted molar refractivity (Wildman–Crippen MR) is 66.1 cm³/mol. The highest BCUT2D eigenvalue weighted by Crippen LogP contribution is 2.61. The van der Waals surface area contributed by atoms with Crippen molar-refractivity contribution >= 4 is 0 Å². The summed E-state index contributed by atoms with van der Waals surface area (Å²) >= 11 is 0. The molecular weight excluding hydrogens is 192 g/mol. The van der Waals surface area contributed by atoms with Gasteiger partial charge in [0.2, 0.25) is 0 Å². The number of allylic oxidation sites excluding steroid dienone is 2. The van der Waals surface area contributed by atoms with Crippen LogP contribution in [0, 0.1) is 23.7 Å². The Morgan fingerprint density at radius 2 is 1.81 bits per heavy atom. The lowest BCUT2D eigenvalue weighted by molar-refractivity contribution is 0.254. The maximum absolute atomic E-state index is 2.51. The first-order chi connectivity index (χ1) is 7.93. The fraction of sp³-hybridized carbons (Fsp3) is 0.500. The second-order valence-corrected chi connectivity index (χ2v) is 5.82. The Kier molecular flexibility index (Phi) is 1.82. The van der Waals surface area contributed by atoms with Crippen LogP contribution in [-0.2, 0) is 0 Å². The Labute approximate surface area is 97.4 Å². The van der Waals surface area contributed by atoms with Crippen molar-refractivity contribution in [2.45, 2.75) is 25.2 Å². The zero-order chi connectivity index (χ0) is 10.5. The number of fused-ring (bicyclic) bond motifs is 5. The molecule has 0 spiro atoms. The van der Waals surface area contributed by atoms with Gasteiger partial charge in [0.1, 0.15) is 0 Å². The van der Waals surface area contributed by atoms with Crippen molar-refractivity contribution in [3.63, 3.8) is 0 Å². The van der Waals surface area contributed by atoms with E-state index in [2.05, 4.69) is 42.5 Å². The highest BCUT2D eigenvalue weighted by molar-refractivity contribution is 5.26. The minimum absolute atomic E-state index is 0.868. The summed E-state index contributed by atoms with van der Waals surface area (Å²) in [7, 11) is 0. The van der Waals surface area contributed by atoms with Crippen LogP contribution in [0.5, 0.6) is 0 Å². The first-order valence-electron chi connectivity index (χ1n) is 6.65. The molecule has 0 aromatic heterocycles. The van der Waals surface area contributed by atoms with Gasteiger partial charge in [-0.25, -0.2) is 0 Å². The largest absolute Gasteiger partial charge is 0.0879 e. The summed E-state index contributed by atoms with van der Waals surface area (Å²) in [4.78, 5) is 0. The van der Waals surface area contributed by atoms with Crippen LogP contribution in [0.2, 0.25) is 0 Å². The van der Waals surface area contributed by atoms with Crippen LogP contribution in [0.3, 0.4) is 0 Å². The molecule has 0 radical (unpaired) electrons. The number of hydrogen-bond donors (Lipinski definition) is 0. The van der Waals surface area contributed by atoms with Crippen LogP contribution < -0.4 is 0 Å². The van der Waals surface area contributed by atoms with Crippen molar-refractivity contribution in [2.24, 2.45) is 23.7 Å². The van der Waals surface area contributed by atoms with Crippen molar-refractivity contribution in [2.75, 3.05) is 0 Å². The van der Waals surface area contributed by atoms with Gasteiger partial charge >= 0.3 is 0 Å². The van der Waals surface area contributed by atoms with E-state index in [1.165, 1.54) is 19.3 Å². The molecule has 0 amide bonds. The van der Waals surface area contributed by atoms with Crippen molar-refractivity contribution in [1.29, 1.82) is 0 Å². The SMILES string of the molecule is C1=CC2C3CC(c4ccccc4)C(C3)C2C1. The smallest absolute Gasteiger partial charge is 0.0128 e. The van der Waals surface area contributed by atoms with E-state index in [1.807, 2.05) is 0 Å². The normalized spacial score (nSPS) is 43.9. The summed E-state index contributed by atoms with van der Waals surface area (Å²) in [6.45, 7) is 0. The molecular formula is C16H18. The average Bonchev–Trinajstić information content (AvgIpc) is 3.02. The summed E-state index contributed by atoms with van der Waals surface area (Å²) in [5.74, 6) is 4.78. The lowest BCUT2D eigenvalue weighted by Gasteiger charge is -2.31. The zero-order valence-corrected chi connectivity index (χ0v) is 9.55. The summed E-state index contributed by atoms with van der Waals surface area (Å²) in [6.07, 6.45) is 9.24. The molecule has 0 aliphatic heterocycles. The fourth-order valence-corrected chi connectivity index (χ4v) is 4.64. The molecule has 16 heavy (non-hydrogen) atoms. The monoisotopic (exact) mass is 210 g/mol. The van der Waals surface area contributed by atoms with Gasteiger partial charge in [0.05, 0.1) is 0 Å². The van der Waals surface area contributed by atoms with Crippen LogP contribution in [-0.4, -0.2) is 0 Å². The number of rotatable bonds is 1. The average molecular weight is 210 g/mol. The van der Waals surface area contributed by atoms with Gasteiger partial charge in [0, 0.05) is 0 Å². The third kappa shape index (κ3) is 1.10.